The molecule has 2 nitrogen and oxygen atoms in total. The van der Waals surface area contributed by atoms with Gasteiger partial charge in [0, 0.05) is 11.6 Å². The van der Waals surface area contributed by atoms with E-state index in [0.717, 1.165) is 18.7 Å². The lowest BCUT2D eigenvalue weighted by molar-refractivity contribution is 0.359. The maximum atomic E-state index is 5.75. The van der Waals surface area contributed by atoms with Crippen molar-refractivity contribution in [2.75, 3.05) is 13.2 Å². The van der Waals surface area contributed by atoms with Crippen LogP contribution in [0, 0.1) is 0 Å². The molecule has 0 amide bonds. The van der Waals surface area contributed by atoms with E-state index >= 15 is 0 Å². The van der Waals surface area contributed by atoms with Gasteiger partial charge in [0.25, 0.3) is 0 Å². The first-order valence-corrected chi connectivity index (χ1v) is 6.89. The Hall–Kier alpha value is -0.700. The third-order valence-electron chi connectivity index (χ3n) is 2.58. The van der Waals surface area contributed by atoms with Crippen molar-refractivity contribution in [1.29, 1.82) is 0 Å². The lowest BCUT2D eigenvalue weighted by atomic mass is 10.1. The number of halogens is 2. The van der Waals surface area contributed by atoms with E-state index in [1.807, 2.05) is 12.1 Å². The van der Waals surface area contributed by atoms with Crippen molar-refractivity contribution in [1.82, 2.24) is 5.32 Å². The molecule has 0 aliphatic carbocycles. The second-order valence-electron chi connectivity index (χ2n) is 4.09. The highest BCUT2D eigenvalue weighted by molar-refractivity contribution is 6.36. The first kappa shape index (κ1) is 15.4. The summed E-state index contributed by atoms with van der Waals surface area (Å²) in [5.41, 5.74) is 2.56. The van der Waals surface area contributed by atoms with Crippen molar-refractivity contribution in [2.24, 2.45) is 0 Å². The van der Waals surface area contributed by atoms with Gasteiger partial charge >= 0.3 is 0 Å². The Morgan fingerprint density at radius 3 is 2.61 bits per heavy atom. The van der Waals surface area contributed by atoms with Gasteiger partial charge in [0.1, 0.15) is 12.4 Å². The van der Waals surface area contributed by atoms with Crippen LogP contribution in [0.1, 0.15) is 31.9 Å². The van der Waals surface area contributed by atoms with Gasteiger partial charge in [0.05, 0.1) is 5.03 Å². The van der Waals surface area contributed by atoms with Crippen molar-refractivity contribution >= 4 is 23.2 Å². The first-order chi connectivity index (χ1) is 8.67. The summed E-state index contributed by atoms with van der Waals surface area (Å²) in [6.07, 6.45) is 1.13. The van der Waals surface area contributed by atoms with Crippen molar-refractivity contribution in [3.05, 3.63) is 40.4 Å². The van der Waals surface area contributed by atoms with Crippen LogP contribution in [-0.2, 0) is 0 Å². The molecule has 1 rings (SSSR count). The smallest absolute Gasteiger partial charge is 0.125 e. The monoisotopic (exact) mass is 287 g/mol. The zero-order valence-electron chi connectivity index (χ0n) is 10.7. The molecule has 0 fully saturated rings. The van der Waals surface area contributed by atoms with E-state index in [1.165, 1.54) is 11.1 Å². The Kier molecular flexibility index (Phi) is 7.18. The molecule has 0 heterocycles. The first-order valence-electron chi connectivity index (χ1n) is 6.08. The highest BCUT2D eigenvalue weighted by atomic mass is 35.5. The van der Waals surface area contributed by atoms with Gasteiger partial charge in [-0.2, -0.15) is 0 Å². The van der Waals surface area contributed by atoms with Crippen molar-refractivity contribution in [3.8, 4) is 5.75 Å². The summed E-state index contributed by atoms with van der Waals surface area (Å²) in [6, 6.07) is 8.35. The molecule has 1 atom stereocenters. The van der Waals surface area contributed by atoms with E-state index in [0.29, 0.717) is 17.7 Å². The summed E-state index contributed by atoms with van der Waals surface area (Å²) in [6.45, 7) is 5.63. The summed E-state index contributed by atoms with van der Waals surface area (Å²) in [7, 11) is 0. The predicted molar refractivity (Wildman–Crippen MR) is 78.4 cm³/mol. The largest absolute Gasteiger partial charge is 0.488 e. The molecule has 0 aliphatic heterocycles. The van der Waals surface area contributed by atoms with Crippen molar-refractivity contribution < 1.29 is 4.74 Å². The molecule has 1 aromatic rings. The lowest BCUT2D eigenvalue weighted by Crippen LogP contribution is -2.19. The van der Waals surface area contributed by atoms with E-state index < -0.39 is 0 Å². The fourth-order valence-electron chi connectivity index (χ4n) is 1.52. The normalized spacial score (nSPS) is 13.4. The highest BCUT2D eigenvalue weighted by Gasteiger charge is 2.04. The zero-order valence-corrected chi connectivity index (χ0v) is 12.3. The molecule has 0 bridgehead atoms. The third-order valence-corrected chi connectivity index (χ3v) is 3.17. The van der Waals surface area contributed by atoms with Crippen molar-refractivity contribution in [2.45, 2.75) is 26.3 Å². The number of benzene rings is 1. The minimum Gasteiger partial charge on any atom is -0.488 e. The summed E-state index contributed by atoms with van der Waals surface area (Å²) in [5.74, 6) is 0.790. The van der Waals surface area contributed by atoms with Crippen LogP contribution in [-0.4, -0.2) is 13.2 Å². The summed E-state index contributed by atoms with van der Waals surface area (Å²) < 4.78 is 5.47. The van der Waals surface area contributed by atoms with E-state index in [4.69, 9.17) is 27.9 Å². The van der Waals surface area contributed by atoms with Crippen LogP contribution >= 0.6 is 23.2 Å². The number of hydrogen-bond acceptors (Lipinski definition) is 2. The Balaban J connectivity index is 2.51. The molecular weight excluding hydrogens is 269 g/mol. The fraction of sp³-hybridized carbons (Fsp3) is 0.429. The van der Waals surface area contributed by atoms with Crippen LogP contribution in [0.25, 0.3) is 0 Å². The van der Waals surface area contributed by atoms with Gasteiger partial charge in [-0.25, -0.2) is 0 Å². The van der Waals surface area contributed by atoms with Crippen LogP contribution in [0.5, 0.6) is 5.75 Å². The Bertz CT molecular complexity index is 376. The number of ether oxygens (including phenoxy) is 1. The van der Waals surface area contributed by atoms with Crippen molar-refractivity contribution in [3.63, 3.8) is 0 Å². The van der Waals surface area contributed by atoms with E-state index in [9.17, 15) is 0 Å². The molecule has 18 heavy (non-hydrogen) atoms. The molecule has 1 unspecified atom stereocenters. The minimum atomic E-state index is 0.300. The quantitative estimate of drug-likeness (QED) is 0.800. The van der Waals surface area contributed by atoms with Crippen LogP contribution in [0.3, 0.4) is 0 Å². The topological polar surface area (TPSA) is 21.3 Å². The summed E-state index contributed by atoms with van der Waals surface area (Å²) >= 11 is 11.2. The Morgan fingerprint density at radius 1 is 1.39 bits per heavy atom. The zero-order chi connectivity index (χ0) is 13.4. The standard InChI is InChI=1S/C14H19Cl2NO/c1-3-8-17-11(2)12-4-6-14(7-5-12)18-10-13(16)9-15/h4-7,9,11,17H,3,8,10H2,1-2H3. The predicted octanol–water partition coefficient (Wildman–Crippen LogP) is 4.45. The average molecular weight is 288 g/mol. The van der Waals surface area contributed by atoms with Crippen LogP contribution in [0.4, 0.5) is 0 Å². The van der Waals surface area contributed by atoms with Gasteiger partial charge in [-0.3, -0.25) is 0 Å². The molecule has 0 saturated heterocycles. The Labute approximate surface area is 119 Å². The second-order valence-corrected chi connectivity index (χ2v) is 4.79. The van der Waals surface area contributed by atoms with Crippen LogP contribution in [0.2, 0.25) is 0 Å². The minimum absolute atomic E-state index is 0.300. The fourth-order valence-corrected chi connectivity index (χ4v) is 1.63. The Morgan fingerprint density at radius 2 is 2.06 bits per heavy atom. The molecule has 0 saturated carbocycles. The number of nitrogens with one attached hydrogen (secondary N) is 1. The second kappa shape index (κ2) is 8.41. The number of rotatable bonds is 7. The lowest BCUT2D eigenvalue weighted by Gasteiger charge is -2.14. The molecule has 0 spiro atoms. The van der Waals surface area contributed by atoms with E-state index in [2.05, 4.69) is 31.3 Å². The van der Waals surface area contributed by atoms with Gasteiger partial charge in [0.2, 0.25) is 0 Å². The highest BCUT2D eigenvalue weighted by Crippen LogP contribution is 2.18. The summed E-state index contributed by atoms with van der Waals surface area (Å²) in [4.78, 5) is 0. The SMILES string of the molecule is CCCNC(C)c1ccc(OCC(Cl)=CCl)cc1. The maximum Gasteiger partial charge on any atom is 0.125 e. The van der Waals surface area contributed by atoms with Gasteiger partial charge in [-0.15, -0.1) is 0 Å². The molecular formula is C14H19Cl2NO. The van der Waals surface area contributed by atoms with Crippen LogP contribution in [0.15, 0.2) is 34.8 Å². The molecule has 4 heteroatoms. The average Bonchev–Trinajstić information content (AvgIpc) is 2.42. The van der Waals surface area contributed by atoms with Gasteiger partial charge < -0.3 is 10.1 Å². The van der Waals surface area contributed by atoms with E-state index in [-0.39, 0.29) is 0 Å². The molecule has 100 valence electrons. The summed E-state index contributed by atoms with van der Waals surface area (Å²) in [5, 5.41) is 3.92. The van der Waals surface area contributed by atoms with E-state index in [1.54, 1.807) is 0 Å². The molecule has 0 aliphatic rings. The molecule has 1 N–H and O–H groups in total. The molecule has 0 radical (unpaired) electrons. The van der Waals surface area contributed by atoms with Crippen LogP contribution < -0.4 is 10.1 Å². The molecule has 0 aromatic heterocycles. The molecule has 1 aromatic carbocycles. The third kappa shape index (κ3) is 5.30. The number of hydrogen-bond donors (Lipinski definition) is 1. The maximum absolute atomic E-state index is 5.75. The van der Waals surface area contributed by atoms with Gasteiger partial charge in [-0.1, -0.05) is 42.3 Å². The van der Waals surface area contributed by atoms with Gasteiger partial charge in [-0.05, 0) is 37.6 Å². The van der Waals surface area contributed by atoms with Gasteiger partial charge in [0.15, 0.2) is 0 Å².